The lowest BCUT2D eigenvalue weighted by Gasteiger charge is -2.06. The Labute approximate surface area is 102 Å². The van der Waals surface area contributed by atoms with Gasteiger partial charge in [0.2, 0.25) is 0 Å². The Morgan fingerprint density at radius 3 is 2.61 bits per heavy atom. The first kappa shape index (κ1) is 10.1. The second-order valence-electron chi connectivity index (χ2n) is 5.56. The van der Waals surface area contributed by atoms with Crippen LogP contribution in [0.2, 0.25) is 0 Å². The zero-order chi connectivity index (χ0) is 12.4. The summed E-state index contributed by atoms with van der Waals surface area (Å²) in [5.41, 5.74) is 0.0711. The first-order valence-electron chi connectivity index (χ1n) is 6.32. The number of imidazole rings is 1. The van der Waals surface area contributed by atoms with E-state index in [1.54, 1.807) is 7.05 Å². The Balaban J connectivity index is 1.88. The summed E-state index contributed by atoms with van der Waals surface area (Å²) in [6.07, 6.45) is 3.68. The molecule has 0 spiro atoms. The molecule has 2 N–H and O–H groups in total. The minimum Gasteiger partial charge on any atom is -0.336 e. The quantitative estimate of drug-likeness (QED) is 0.767. The van der Waals surface area contributed by atoms with Gasteiger partial charge in [-0.3, -0.25) is 14.3 Å². The third-order valence-corrected chi connectivity index (χ3v) is 4.40. The Morgan fingerprint density at radius 2 is 1.89 bits per heavy atom. The van der Waals surface area contributed by atoms with Gasteiger partial charge in [-0.25, -0.2) is 9.78 Å². The van der Waals surface area contributed by atoms with Crippen molar-refractivity contribution in [1.82, 2.24) is 19.5 Å². The molecule has 0 saturated heterocycles. The van der Waals surface area contributed by atoms with E-state index >= 15 is 0 Å². The second-order valence-corrected chi connectivity index (χ2v) is 5.56. The summed E-state index contributed by atoms with van der Waals surface area (Å²) < 4.78 is 1.38. The molecular weight excluding hydrogens is 232 g/mol. The lowest BCUT2D eigenvalue weighted by molar-refractivity contribution is 0.596. The van der Waals surface area contributed by atoms with Crippen molar-refractivity contribution in [2.75, 3.05) is 0 Å². The summed E-state index contributed by atoms with van der Waals surface area (Å²) in [6.45, 7) is 0. The van der Waals surface area contributed by atoms with Crippen LogP contribution in [0, 0.1) is 11.8 Å². The number of aromatic amines is 2. The molecule has 6 nitrogen and oxygen atoms in total. The van der Waals surface area contributed by atoms with E-state index in [1.165, 1.54) is 11.0 Å². The summed E-state index contributed by atoms with van der Waals surface area (Å²) in [5, 5.41) is 0. The normalized spacial score (nSPS) is 29.7. The number of nitrogens with one attached hydrogen (secondary N) is 2. The molecule has 18 heavy (non-hydrogen) atoms. The van der Waals surface area contributed by atoms with E-state index in [0.717, 1.165) is 30.5 Å². The molecular formula is C12H14N4O2. The van der Waals surface area contributed by atoms with Gasteiger partial charge in [0.1, 0.15) is 11.3 Å². The summed E-state index contributed by atoms with van der Waals surface area (Å²) in [6, 6.07) is 0. The Morgan fingerprint density at radius 1 is 1.17 bits per heavy atom. The number of hydrogen-bond acceptors (Lipinski definition) is 3. The van der Waals surface area contributed by atoms with Gasteiger partial charge in [-0.2, -0.15) is 0 Å². The van der Waals surface area contributed by atoms with Crippen molar-refractivity contribution in [1.29, 1.82) is 0 Å². The highest BCUT2D eigenvalue weighted by atomic mass is 16.2. The fraction of sp³-hybridized carbons (Fsp3) is 0.583. The van der Waals surface area contributed by atoms with E-state index < -0.39 is 5.69 Å². The molecule has 2 heterocycles. The fourth-order valence-corrected chi connectivity index (χ4v) is 3.25. The van der Waals surface area contributed by atoms with Gasteiger partial charge in [0.25, 0.3) is 5.56 Å². The lowest BCUT2D eigenvalue weighted by Crippen LogP contribution is -2.28. The van der Waals surface area contributed by atoms with Crippen LogP contribution in [-0.4, -0.2) is 19.5 Å². The van der Waals surface area contributed by atoms with E-state index in [4.69, 9.17) is 0 Å². The second kappa shape index (κ2) is 3.13. The largest absolute Gasteiger partial charge is 0.336 e. The van der Waals surface area contributed by atoms with E-state index in [9.17, 15) is 9.59 Å². The van der Waals surface area contributed by atoms with Crippen LogP contribution in [0.15, 0.2) is 9.59 Å². The smallest absolute Gasteiger partial charge is 0.329 e. The maximum Gasteiger partial charge on any atom is 0.329 e. The molecule has 0 radical (unpaired) electrons. The lowest BCUT2D eigenvalue weighted by atomic mass is 10.0. The Hall–Kier alpha value is -1.85. The summed E-state index contributed by atoms with van der Waals surface area (Å²) in [7, 11) is 1.62. The van der Waals surface area contributed by atoms with Crippen LogP contribution in [0.4, 0.5) is 0 Å². The highest BCUT2D eigenvalue weighted by Gasteiger charge is 2.47. The van der Waals surface area contributed by atoms with Crippen molar-refractivity contribution in [3.8, 4) is 0 Å². The maximum atomic E-state index is 11.7. The van der Waals surface area contributed by atoms with Gasteiger partial charge >= 0.3 is 5.69 Å². The molecule has 0 aliphatic heterocycles. The van der Waals surface area contributed by atoms with E-state index in [1.807, 2.05) is 0 Å². The summed E-state index contributed by atoms with van der Waals surface area (Å²) in [4.78, 5) is 33.1. The third-order valence-electron chi connectivity index (χ3n) is 4.40. The van der Waals surface area contributed by atoms with Crippen molar-refractivity contribution in [2.45, 2.75) is 25.2 Å². The number of nitrogens with zero attached hydrogens (tertiary/aromatic N) is 2. The van der Waals surface area contributed by atoms with Crippen molar-refractivity contribution in [2.24, 2.45) is 18.9 Å². The molecule has 2 aromatic rings. The van der Waals surface area contributed by atoms with Crippen molar-refractivity contribution < 1.29 is 0 Å². The monoisotopic (exact) mass is 246 g/mol. The van der Waals surface area contributed by atoms with Crippen LogP contribution in [-0.2, 0) is 7.05 Å². The van der Waals surface area contributed by atoms with Gasteiger partial charge in [-0.05, 0) is 31.1 Å². The Kier molecular flexibility index (Phi) is 1.76. The minimum atomic E-state index is -0.417. The van der Waals surface area contributed by atoms with Crippen LogP contribution in [0.5, 0.6) is 0 Å². The fourth-order valence-electron chi connectivity index (χ4n) is 3.25. The van der Waals surface area contributed by atoms with E-state index in [-0.39, 0.29) is 5.56 Å². The molecule has 2 fully saturated rings. The van der Waals surface area contributed by atoms with Crippen LogP contribution in [0.1, 0.15) is 31.0 Å². The molecule has 0 amide bonds. The van der Waals surface area contributed by atoms with Gasteiger partial charge in [-0.15, -0.1) is 0 Å². The van der Waals surface area contributed by atoms with E-state index in [2.05, 4.69) is 15.0 Å². The maximum absolute atomic E-state index is 11.7. The van der Waals surface area contributed by atoms with Crippen molar-refractivity contribution in [3.63, 3.8) is 0 Å². The van der Waals surface area contributed by atoms with Crippen LogP contribution < -0.4 is 11.2 Å². The Bertz CT molecular complexity index is 744. The molecule has 2 unspecified atom stereocenters. The SMILES string of the molecule is Cn1c(=O)[nH]c(=O)c2[nH]c(C3CC4CC4C3)nc21. The topological polar surface area (TPSA) is 83.5 Å². The zero-order valence-corrected chi connectivity index (χ0v) is 10.1. The molecule has 0 bridgehead atoms. The molecule has 94 valence electrons. The third kappa shape index (κ3) is 1.26. The average molecular weight is 246 g/mol. The van der Waals surface area contributed by atoms with Gasteiger partial charge in [-0.1, -0.05) is 0 Å². The molecule has 4 rings (SSSR count). The summed E-state index contributed by atoms with van der Waals surface area (Å²) >= 11 is 0. The molecule has 2 saturated carbocycles. The average Bonchev–Trinajstić information content (AvgIpc) is 2.81. The summed E-state index contributed by atoms with van der Waals surface area (Å²) in [5.74, 6) is 3.02. The molecule has 2 aliphatic carbocycles. The predicted octanol–water partition coefficient (Wildman–Crippen LogP) is 0.463. The minimum absolute atomic E-state index is 0.380. The molecule has 2 atom stereocenters. The van der Waals surface area contributed by atoms with Crippen LogP contribution in [0.3, 0.4) is 0 Å². The van der Waals surface area contributed by atoms with Crippen LogP contribution in [0.25, 0.3) is 11.2 Å². The molecule has 6 heteroatoms. The number of H-pyrrole nitrogens is 2. The molecule has 2 aliphatic rings. The highest BCUT2D eigenvalue weighted by Crippen LogP contribution is 2.57. The van der Waals surface area contributed by atoms with Crippen molar-refractivity contribution in [3.05, 3.63) is 26.7 Å². The van der Waals surface area contributed by atoms with E-state index in [0.29, 0.717) is 17.1 Å². The number of aryl methyl sites for hydroxylation is 1. The van der Waals surface area contributed by atoms with Crippen molar-refractivity contribution >= 4 is 11.2 Å². The van der Waals surface area contributed by atoms with Gasteiger partial charge in [0, 0.05) is 13.0 Å². The first-order chi connectivity index (χ1) is 8.63. The molecule has 0 aromatic carbocycles. The zero-order valence-electron chi connectivity index (χ0n) is 10.1. The number of aromatic nitrogens is 4. The predicted molar refractivity (Wildman–Crippen MR) is 65.5 cm³/mol. The van der Waals surface area contributed by atoms with Gasteiger partial charge < -0.3 is 4.98 Å². The first-order valence-corrected chi connectivity index (χ1v) is 6.32. The number of rotatable bonds is 1. The molecule has 2 aromatic heterocycles. The van der Waals surface area contributed by atoms with Gasteiger partial charge in [0.15, 0.2) is 5.65 Å². The standard InChI is InChI=1S/C12H14N4O2/c1-16-10-8(11(17)15-12(16)18)13-9(14-10)7-3-5-2-6(5)4-7/h5-7H,2-4H2,1H3,(H,13,14)(H,15,17,18). The number of hydrogen-bond donors (Lipinski definition) is 2. The van der Waals surface area contributed by atoms with Gasteiger partial charge in [0.05, 0.1) is 0 Å². The van der Waals surface area contributed by atoms with Crippen LogP contribution >= 0.6 is 0 Å². The highest BCUT2D eigenvalue weighted by molar-refractivity contribution is 5.69. The number of fused-ring (bicyclic) bond motifs is 2.